The molecule has 0 spiro atoms. The summed E-state index contributed by atoms with van der Waals surface area (Å²) in [6.45, 7) is 8.08. The lowest BCUT2D eigenvalue weighted by Crippen LogP contribution is -2.41. The van der Waals surface area contributed by atoms with Crippen LogP contribution in [-0.4, -0.2) is 24.3 Å². The molecular weight excluding hydrogens is 255 g/mol. The maximum atomic E-state index is 11.4. The van der Waals surface area contributed by atoms with E-state index >= 15 is 0 Å². The standard InChI is InChI=1S/C15H19BO4/c1-14(2)15(3,4)20-16(19-14)11-7-5-10-6-8-13(17)18-12(10)9-11/h5,7,9H,6,8H2,1-4H3. The van der Waals surface area contributed by atoms with Crippen molar-refractivity contribution in [3.63, 3.8) is 0 Å². The van der Waals surface area contributed by atoms with E-state index in [1.165, 1.54) is 0 Å². The van der Waals surface area contributed by atoms with Crippen LogP contribution in [0.15, 0.2) is 18.2 Å². The third-order valence-electron chi connectivity index (χ3n) is 4.44. The molecule has 1 aromatic carbocycles. The molecule has 0 atom stereocenters. The third kappa shape index (κ3) is 2.15. The molecule has 1 saturated heterocycles. The van der Waals surface area contributed by atoms with Gasteiger partial charge in [0.05, 0.1) is 17.6 Å². The number of aryl methyl sites for hydroxylation is 1. The topological polar surface area (TPSA) is 44.8 Å². The summed E-state index contributed by atoms with van der Waals surface area (Å²) in [6, 6.07) is 5.83. The molecule has 2 heterocycles. The van der Waals surface area contributed by atoms with Crippen molar-refractivity contribution < 1.29 is 18.8 Å². The van der Waals surface area contributed by atoms with Crippen molar-refractivity contribution in [1.29, 1.82) is 0 Å². The normalized spacial score (nSPS) is 23.4. The molecule has 0 aromatic heterocycles. The van der Waals surface area contributed by atoms with Crippen LogP contribution in [0.4, 0.5) is 0 Å². The molecule has 0 radical (unpaired) electrons. The first kappa shape index (κ1) is 13.6. The van der Waals surface area contributed by atoms with Crippen LogP contribution in [0.1, 0.15) is 39.7 Å². The molecule has 0 unspecified atom stereocenters. The number of hydrogen-bond donors (Lipinski definition) is 0. The highest BCUT2D eigenvalue weighted by Gasteiger charge is 2.51. The van der Waals surface area contributed by atoms with Crippen molar-refractivity contribution in [2.75, 3.05) is 0 Å². The van der Waals surface area contributed by atoms with Crippen LogP contribution < -0.4 is 10.2 Å². The Bertz CT molecular complexity index is 549. The van der Waals surface area contributed by atoms with E-state index in [4.69, 9.17) is 14.0 Å². The van der Waals surface area contributed by atoms with Crippen molar-refractivity contribution in [3.05, 3.63) is 23.8 Å². The van der Waals surface area contributed by atoms with Crippen LogP contribution in [0.25, 0.3) is 0 Å². The van der Waals surface area contributed by atoms with Crippen molar-refractivity contribution in [2.45, 2.75) is 51.7 Å². The lowest BCUT2D eigenvalue weighted by Gasteiger charge is -2.32. The fraction of sp³-hybridized carbons (Fsp3) is 0.533. The van der Waals surface area contributed by atoms with E-state index in [1.54, 1.807) is 0 Å². The Morgan fingerprint density at radius 3 is 2.35 bits per heavy atom. The Morgan fingerprint density at radius 2 is 1.70 bits per heavy atom. The Kier molecular flexibility index (Phi) is 2.96. The van der Waals surface area contributed by atoms with Gasteiger partial charge in [0.1, 0.15) is 5.75 Å². The van der Waals surface area contributed by atoms with Gasteiger partial charge in [0.2, 0.25) is 0 Å². The lowest BCUT2D eigenvalue weighted by molar-refractivity contribution is -0.135. The largest absolute Gasteiger partial charge is 0.494 e. The molecule has 0 N–H and O–H groups in total. The third-order valence-corrected chi connectivity index (χ3v) is 4.44. The second-order valence-corrected chi connectivity index (χ2v) is 6.43. The van der Waals surface area contributed by atoms with Gasteiger partial charge in [-0.25, -0.2) is 0 Å². The molecule has 0 bridgehead atoms. The molecule has 2 aliphatic heterocycles. The molecule has 1 fully saturated rings. The van der Waals surface area contributed by atoms with E-state index in [0.717, 1.165) is 17.4 Å². The summed E-state index contributed by atoms with van der Waals surface area (Å²) in [5.41, 5.74) is 1.20. The fourth-order valence-corrected chi connectivity index (χ4v) is 2.41. The smallest absolute Gasteiger partial charge is 0.426 e. The van der Waals surface area contributed by atoms with E-state index in [9.17, 15) is 4.79 Å². The molecule has 106 valence electrons. The van der Waals surface area contributed by atoms with Gasteiger partial charge in [-0.15, -0.1) is 0 Å². The first-order chi connectivity index (χ1) is 9.28. The number of carbonyl (C=O) groups excluding carboxylic acids is 1. The maximum Gasteiger partial charge on any atom is 0.494 e. The summed E-state index contributed by atoms with van der Waals surface area (Å²) in [4.78, 5) is 11.4. The quantitative estimate of drug-likeness (QED) is 0.445. The number of hydrogen-bond acceptors (Lipinski definition) is 4. The van der Waals surface area contributed by atoms with Crippen LogP contribution >= 0.6 is 0 Å². The maximum absolute atomic E-state index is 11.4. The average Bonchev–Trinajstić information content (AvgIpc) is 2.57. The van der Waals surface area contributed by atoms with Gasteiger partial charge in [-0.3, -0.25) is 4.79 Å². The second-order valence-electron chi connectivity index (χ2n) is 6.43. The average molecular weight is 274 g/mol. The summed E-state index contributed by atoms with van der Waals surface area (Å²) in [5, 5.41) is 0. The summed E-state index contributed by atoms with van der Waals surface area (Å²) in [7, 11) is -0.425. The highest BCUT2D eigenvalue weighted by atomic mass is 16.7. The van der Waals surface area contributed by atoms with Crippen molar-refractivity contribution in [3.8, 4) is 5.75 Å². The number of benzene rings is 1. The minimum Gasteiger partial charge on any atom is -0.426 e. The monoisotopic (exact) mass is 274 g/mol. The van der Waals surface area contributed by atoms with E-state index in [2.05, 4.69) is 0 Å². The molecule has 3 rings (SSSR count). The van der Waals surface area contributed by atoms with Crippen molar-refractivity contribution in [2.24, 2.45) is 0 Å². The van der Waals surface area contributed by atoms with Crippen LogP contribution in [0.2, 0.25) is 0 Å². The van der Waals surface area contributed by atoms with E-state index in [1.807, 2.05) is 45.9 Å². The second kappa shape index (κ2) is 4.33. The number of fused-ring (bicyclic) bond motifs is 1. The zero-order valence-electron chi connectivity index (χ0n) is 12.4. The molecule has 0 aliphatic carbocycles. The molecule has 20 heavy (non-hydrogen) atoms. The summed E-state index contributed by atoms with van der Waals surface area (Å²) in [6.07, 6.45) is 1.18. The van der Waals surface area contributed by atoms with Crippen LogP contribution in [-0.2, 0) is 20.5 Å². The Hall–Kier alpha value is -1.33. The van der Waals surface area contributed by atoms with Gasteiger partial charge in [0.15, 0.2) is 0 Å². The molecule has 2 aliphatic rings. The van der Waals surface area contributed by atoms with Gasteiger partial charge in [-0.1, -0.05) is 12.1 Å². The van der Waals surface area contributed by atoms with Gasteiger partial charge in [0.25, 0.3) is 0 Å². The summed E-state index contributed by atoms with van der Waals surface area (Å²) in [5.74, 6) is 0.456. The van der Waals surface area contributed by atoms with Gasteiger partial charge in [-0.05, 0) is 51.2 Å². The number of ether oxygens (including phenoxy) is 1. The highest BCUT2D eigenvalue weighted by molar-refractivity contribution is 6.62. The number of carbonyl (C=O) groups is 1. The van der Waals surface area contributed by atoms with Crippen LogP contribution in [0.3, 0.4) is 0 Å². The van der Waals surface area contributed by atoms with Gasteiger partial charge >= 0.3 is 13.1 Å². The predicted molar refractivity (Wildman–Crippen MR) is 76.1 cm³/mol. The van der Waals surface area contributed by atoms with E-state index < -0.39 is 7.12 Å². The molecular formula is C15H19BO4. The predicted octanol–water partition coefficient (Wildman–Crippen LogP) is 1.84. The minimum absolute atomic E-state index is 0.177. The SMILES string of the molecule is CC1(C)OB(c2ccc3c(c2)OC(=O)CC3)OC1(C)C. The van der Waals surface area contributed by atoms with Gasteiger partial charge in [0, 0.05) is 0 Å². The van der Waals surface area contributed by atoms with Gasteiger partial charge in [-0.2, -0.15) is 0 Å². The molecule has 1 aromatic rings. The van der Waals surface area contributed by atoms with Crippen LogP contribution in [0, 0.1) is 0 Å². The number of esters is 1. The Balaban J connectivity index is 1.89. The fourth-order valence-electron chi connectivity index (χ4n) is 2.41. The highest BCUT2D eigenvalue weighted by Crippen LogP contribution is 2.37. The minimum atomic E-state index is -0.425. The zero-order chi connectivity index (χ0) is 14.5. The zero-order valence-corrected chi connectivity index (χ0v) is 12.4. The van der Waals surface area contributed by atoms with Crippen molar-refractivity contribution in [1.82, 2.24) is 0 Å². The van der Waals surface area contributed by atoms with E-state index in [-0.39, 0.29) is 17.2 Å². The lowest BCUT2D eigenvalue weighted by atomic mass is 9.78. The van der Waals surface area contributed by atoms with Crippen molar-refractivity contribution >= 4 is 18.6 Å². The number of rotatable bonds is 1. The first-order valence-electron chi connectivity index (χ1n) is 6.98. The van der Waals surface area contributed by atoms with Crippen LogP contribution in [0.5, 0.6) is 5.75 Å². The first-order valence-corrected chi connectivity index (χ1v) is 6.98. The Labute approximate surface area is 119 Å². The van der Waals surface area contributed by atoms with Gasteiger partial charge < -0.3 is 14.0 Å². The summed E-state index contributed by atoms with van der Waals surface area (Å²) >= 11 is 0. The molecule has 0 amide bonds. The molecule has 4 nitrogen and oxygen atoms in total. The Morgan fingerprint density at radius 1 is 1.05 bits per heavy atom. The summed E-state index contributed by atoms with van der Waals surface area (Å²) < 4.78 is 17.3. The molecule has 5 heteroatoms. The van der Waals surface area contributed by atoms with E-state index in [0.29, 0.717) is 12.2 Å². The molecule has 0 saturated carbocycles.